The number of hydrogen-bond donors (Lipinski definition) is 1. The van der Waals surface area contributed by atoms with Crippen molar-refractivity contribution in [1.29, 1.82) is 0 Å². The van der Waals surface area contributed by atoms with Gasteiger partial charge in [-0.15, -0.1) is 0 Å². The van der Waals surface area contributed by atoms with Gasteiger partial charge in [0, 0.05) is 18.5 Å². The smallest absolute Gasteiger partial charge is 0.240 e. The first kappa shape index (κ1) is 13.1. The number of nitrogens with one attached hydrogen (secondary N) is 1. The topological polar surface area (TPSA) is 92.3 Å². The van der Waals surface area contributed by atoms with Crippen LogP contribution in [0.3, 0.4) is 0 Å². The third-order valence-electron chi connectivity index (χ3n) is 2.78. The van der Waals surface area contributed by atoms with E-state index in [1.807, 2.05) is 6.92 Å². The maximum absolute atomic E-state index is 11.6. The first-order chi connectivity index (χ1) is 9.06. The normalized spacial score (nSPS) is 14.9. The average molecular weight is 262 g/mol. The van der Waals surface area contributed by atoms with Gasteiger partial charge in [0.15, 0.2) is 0 Å². The molecule has 1 aromatic rings. The average Bonchev–Trinajstić information content (AvgIpc) is 2.68. The molecule has 1 N–H and O–H groups in total. The number of aromatic nitrogens is 2. The molecule has 0 bridgehead atoms. The zero-order valence-corrected chi connectivity index (χ0v) is 10.5. The maximum Gasteiger partial charge on any atom is 0.240 e. The molecule has 100 valence electrons. The number of rotatable bonds is 4. The van der Waals surface area contributed by atoms with Gasteiger partial charge in [-0.3, -0.25) is 19.3 Å². The summed E-state index contributed by atoms with van der Waals surface area (Å²) in [6.07, 6.45) is 1.80. The van der Waals surface area contributed by atoms with Crippen molar-refractivity contribution < 1.29 is 14.4 Å². The van der Waals surface area contributed by atoms with E-state index in [0.29, 0.717) is 5.69 Å². The monoisotopic (exact) mass is 262 g/mol. The van der Waals surface area contributed by atoms with E-state index in [1.165, 1.54) is 6.33 Å². The Balaban J connectivity index is 1.85. The lowest BCUT2D eigenvalue weighted by molar-refractivity contribution is -0.142. The van der Waals surface area contributed by atoms with E-state index in [0.717, 1.165) is 10.6 Å². The van der Waals surface area contributed by atoms with Crippen LogP contribution in [0, 0.1) is 6.92 Å². The SMILES string of the molecule is Cc1cc(CNC(=O)CN2C(=O)CCC2=O)ncn1. The quantitative estimate of drug-likeness (QED) is 0.742. The second-order valence-corrected chi connectivity index (χ2v) is 4.30. The summed E-state index contributed by atoms with van der Waals surface area (Å²) in [6, 6.07) is 1.76. The van der Waals surface area contributed by atoms with E-state index < -0.39 is 0 Å². The summed E-state index contributed by atoms with van der Waals surface area (Å²) in [4.78, 5) is 43.3. The molecule has 1 aliphatic heterocycles. The van der Waals surface area contributed by atoms with Crippen LogP contribution >= 0.6 is 0 Å². The molecule has 1 aliphatic rings. The fourth-order valence-corrected chi connectivity index (χ4v) is 1.79. The number of hydrogen-bond acceptors (Lipinski definition) is 5. The highest BCUT2D eigenvalue weighted by Gasteiger charge is 2.30. The van der Waals surface area contributed by atoms with Crippen LogP contribution in [0.25, 0.3) is 0 Å². The van der Waals surface area contributed by atoms with Gasteiger partial charge >= 0.3 is 0 Å². The third kappa shape index (κ3) is 3.34. The Bertz CT molecular complexity index is 513. The van der Waals surface area contributed by atoms with Crippen LogP contribution < -0.4 is 5.32 Å². The largest absolute Gasteiger partial charge is 0.349 e. The van der Waals surface area contributed by atoms with Crippen LogP contribution in [0.1, 0.15) is 24.2 Å². The molecular weight excluding hydrogens is 248 g/mol. The highest BCUT2D eigenvalue weighted by Crippen LogP contribution is 2.10. The molecule has 1 saturated heterocycles. The number of likely N-dealkylation sites (tertiary alicyclic amines) is 1. The lowest BCUT2D eigenvalue weighted by atomic mass is 10.3. The Morgan fingerprint density at radius 2 is 2.00 bits per heavy atom. The van der Waals surface area contributed by atoms with Gasteiger partial charge in [0.1, 0.15) is 12.9 Å². The molecule has 0 aromatic carbocycles. The van der Waals surface area contributed by atoms with E-state index >= 15 is 0 Å². The van der Waals surface area contributed by atoms with Crippen LogP contribution in [-0.2, 0) is 20.9 Å². The molecule has 2 heterocycles. The number of imide groups is 1. The summed E-state index contributed by atoms with van der Waals surface area (Å²) >= 11 is 0. The van der Waals surface area contributed by atoms with Gasteiger partial charge < -0.3 is 5.32 Å². The molecule has 0 atom stereocenters. The Morgan fingerprint density at radius 3 is 2.63 bits per heavy atom. The first-order valence-corrected chi connectivity index (χ1v) is 5.93. The van der Waals surface area contributed by atoms with Gasteiger partial charge in [-0.1, -0.05) is 0 Å². The zero-order valence-electron chi connectivity index (χ0n) is 10.5. The highest BCUT2D eigenvalue weighted by molar-refractivity contribution is 6.04. The zero-order chi connectivity index (χ0) is 13.8. The molecule has 7 heteroatoms. The van der Waals surface area contributed by atoms with Crippen LogP contribution in [0.2, 0.25) is 0 Å². The Hall–Kier alpha value is -2.31. The van der Waals surface area contributed by atoms with Crippen molar-refractivity contribution in [2.45, 2.75) is 26.3 Å². The van der Waals surface area contributed by atoms with Gasteiger partial charge in [0.2, 0.25) is 17.7 Å². The van der Waals surface area contributed by atoms with Gasteiger partial charge in [-0.2, -0.15) is 0 Å². The van der Waals surface area contributed by atoms with Crippen molar-refractivity contribution in [2.24, 2.45) is 0 Å². The molecular formula is C12H14N4O3. The molecule has 1 fully saturated rings. The summed E-state index contributed by atoms with van der Waals surface area (Å²) in [5, 5.41) is 2.62. The maximum atomic E-state index is 11.6. The van der Waals surface area contributed by atoms with Crippen molar-refractivity contribution in [3.63, 3.8) is 0 Å². The predicted octanol–water partition coefficient (Wildman–Crippen LogP) is -0.450. The van der Waals surface area contributed by atoms with E-state index in [4.69, 9.17) is 0 Å². The second-order valence-electron chi connectivity index (χ2n) is 4.30. The van der Waals surface area contributed by atoms with Crippen molar-refractivity contribution in [3.8, 4) is 0 Å². The number of nitrogens with zero attached hydrogens (tertiary/aromatic N) is 3. The van der Waals surface area contributed by atoms with Crippen LogP contribution in [0.4, 0.5) is 0 Å². The lowest BCUT2D eigenvalue weighted by Gasteiger charge is -2.13. The molecule has 3 amide bonds. The molecule has 2 rings (SSSR count). The van der Waals surface area contributed by atoms with Gasteiger partial charge in [-0.05, 0) is 13.0 Å². The van der Waals surface area contributed by atoms with Crippen LogP contribution in [0.5, 0.6) is 0 Å². The summed E-state index contributed by atoms with van der Waals surface area (Å²) in [7, 11) is 0. The first-order valence-electron chi connectivity index (χ1n) is 5.93. The number of carbonyl (C=O) groups is 3. The summed E-state index contributed by atoms with van der Waals surface area (Å²) in [6.45, 7) is 1.86. The van der Waals surface area contributed by atoms with E-state index in [-0.39, 0.29) is 43.7 Å². The Morgan fingerprint density at radius 1 is 1.32 bits per heavy atom. The lowest BCUT2D eigenvalue weighted by Crippen LogP contribution is -2.39. The van der Waals surface area contributed by atoms with Crippen molar-refractivity contribution >= 4 is 17.7 Å². The van der Waals surface area contributed by atoms with Crippen LogP contribution in [0.15, 0.2) is 12.4 Å². The molecule has 0 spiro atoms. The van der Waals surface area contributed by atoms with Crippen molar-refractivity contribution in [2.75, 3.05) is 6.54 Å². The predicted molar refractivity (Wildman–Crippen MR) is 64.6 cm³/mol. The van der Waals surface area contributed by atoms with Gasteiger partial charge in [0.25, 0.3) is 0 Å². The fourth-order valence-electron chi connectivity index (χ4n) is 1.79. The van der Waals surface area contributed by atoms with Gasteiger partial charge in [0.05, 0.1) is 12.2 Å². The summed E-state index contributed by atoms with van der Waals surface area (Å²) < 4.78 is 0. The molecule has 0 unspecified atom stereocenters. The standard InChI is InChI=1S/C12H14N4O3/c1-8-4-9(15-7-14-8)5-13-10(17)6-16-11(18)2-3-12(16)19/h4,7H,2-3,5-6H2,1H3,(H,13,17). The Labute approximate surface area is 110 Å². The molecule has 0 aliphatic carbocycles. The summed E-state index contributed by atoms with van der Waals surface area (Å²) in [5.41, 5.74) is 1.49. The molecule has 7 nitrogen and oxygen atoms in total. The minimum atomic E-state index is -0.375. The molecule has 1 aromatic heterocycles. The van der Waals surface area contributed by atoms with Crippen molar-refractivity contribution in [3.05, 3.63) is 23.8 Å². The highest BCUT2D eigenvalue weighted by atomic mass is 16.2. The van der Waals surface area contributed by atoms with Crippen LogP contribution in [-0.4, -0.2) is 39.1 Å². The minimum absolute atomic E-state index is 0.192. The van der Waals surface area contributed by atoms with E-state index in [9.17, 15) is 14.4 Å². The Kier molecular flexibility index (Phi) is 3.84. The van der Waals surface area contributed by atoms with Crippen molar-refractivity contribution in [1.82, 2.24) is 20.2 Å². The third-order valence-corrected chi connectivity index (χ3v) is 2.78. The van der Waals surface area contributed by atoms with E-state index in [1.54, 1.807) is 6.07 Å². The second kappa shape index (κ2) is 5.55. The number of aryl methyl sites for hydroxylation is 1. The number of amides is 3. The molecule has 19 heavy (non-hydrogen) atoms. The number of carbonyl (C=O) groups excluding carboxylic acids is 3. The summed E-state index contributed by atoms with van der Waals surface area (Å²) in [5.74, 6) is -0.962. The van der Waals surface area contributed by atoms with Gasteiger partial charge in [-0.25, -0.2) is 9.97 Å². The fraction of sp³-hybridized carbons (Fsp3) is 0.417. The van der Waals surface area contributed by atoms with E-state index in [2.05, 4.69) is 15.3 Å². The molecule has 0 saturated carbocycles. The molecule has 0 radical (unpaired) electrons. The minimum Gasteiger partial charge on any atom is -0.349 e.